The standard InChI is InChI=1S/C13H15N3O3S/c1-3-10-15-16-11(17)5-8(14-13(16)20-10)6-19-12(18)9-4-7(9)2/h5,7,9H,3-4,6H2,1-2H3/t7-,9-/m1/s1. The van der Waals surface area contributed by atoms with Gasteiger partial charge in [-0.1, -0.05) is 25.2 Å². The molecule has 6 nitrogen and oxygen atoms in total. The fraction of sp³-hybridized carbons (Fsp3) is 0.538. The highest BCUT2D eigenvalue weighted by molar-refractivity contribution is 7.16. The summed E-state index contributed by atoms with van der Waals surface area (Å²) in [6, 6.07) is 1.37. The summed E-state index contributed by atoms with van der Waals surface area (Å²) in [5.74, 6) is 0.241. The van der Waals surface area contributed by atoms with Crippen LogP contribution in [0.1, 0.15) is 31.0 Å². The zero-order valence-corrected chi connectivity index (χ0v) is 12.1. The van der Waals surface area contributed by atoms with Crippen LogP contribution < -0.4 is 5.56 Å². The van der Waals surface area contributed by atoms with E-state index in [0.717, 1.165) is 17.8 Å². The Bertz CT molecular complexity index is 721. The van der Waals surface area contributed by atoms with Gasteiger partial charge in [0.25, 0.3) is 5.56 Å². The molecule has 1 aliphatic carbocycles. The van der Waals surface area contributed by atoms with Gasteiger partial charge in [0.1, 0.15) is 11.6 Å². The number of rotatable bonds is 4. The molecule has 0 saturated heterocycles. The van der Waals surface area contributed by atoms with Gasteiger partial charge < -0.3 is 4.74 Å². The van der Waals surface area contributed by atoms with Crippen LogP contribution in [0.5, 0.6) is 0 Å². The van der Waals surface area contributed by atoms with Crippen LogP contribution in [-0.2, 0) is 22.6 Å². The minimum Gasteiger partial charge on any atom is -0.459 e. The second kappa shape index (κ2) is 4.97. The predicted octanol–water partition coefficient (Wildman–Crippen LogP) is 1.41. The van der Waals surface area contributed by atoms with E-state index < -0.39 is 0 Å². The summed E-state index contributed by atoms with van der Waals surface area (Å²) in [6.07, 6.45) is 1.65. The van der Waals surface area contributed by atoms with E-state index in [0.29, 0.717) is 16.6 Å². The van der Waals surface area contributed by atoms with E-state index in [9.17, 15) is 9.59 Å². The number of carbonyl (C=O) groups is 1. The van der Waals surface area contributed by atoms with E-state index in [2.05, 4.69) is 10.1 Å². The third-order valence-corrected chi connectivity index (χ3v) is 4.47. The van der Waals surface area contributed by atoms with Crippen molar-refractivity contribution in [2.75, 3.05) is 0 Å². The summed E-state index contributed by atoms with van der Waals surface area (Å²) >= 11 is 1.38. The van der Waals surface area contributed by atoms with Crippen molar-refractivity contribution in [2.24, 2.45) is 11.8 Å². The molecule has 1 saturated carbocycles. The second-order valence-corrected chi connectivity index (χ2v) is 6.10. The first-order valence-corrected chi connectivity index (χ1v) is 7.45. The van der Waals surface area contributed by atoms with Crippen LogP contribution >= 0.6 is 11.3 Å². The maximum atomic E-state index is 11.9. The lowest BCUT2D eigenvalue weighted by Crippen LogP contribution is -2.17. The van der Waals surface area contributed by atoms with Gasteiger partial charge in [0.05, 0.1) is 11.6 Å². The van der Waals surface area contributed by atoms with Crippen LogP contribution in [0.3, 0.4) is 0 Å². The fourth-order valence-corrected chi connectivity index (χ4v) is 2.87. The van der Waals surface area contributed by atoms with Crippen LogP contribution in [0.4, 0.5) is 0 Å². The molecule has 0 spiro atoms. The van der Waals surface area contributed by atoms with Gasteiger partial charge in [-0.2, -0.15) is 9.61 Å². The molecule has 0 aromatic carbocycles. The van der Waals surface area contributed by atoms with Gasteiger partial charge in [-0.05, 0) is 18.8 Å². The average molecular weight is 293 g/mol. The molecule has 2 aromatic rings. The molecule has 0 amide bonds. The van der Waals surface area contributed by atoms with Gasteiger partial charge in [-0.25, -0.2) is 4.98 Å². The van der Waals surface area contributed by atoms with Crippen molar-refractivity contribution in [1.29, 1.82) is 0 Å². The lowest BCUT2D eigenvalue weighted by Gasteiger charge is -2.03. The molecule has 1 aliphatic rings. The van der Waals surface area contributed by atoms with Crippen molar-refractivity contribution in [3.8, 4) is 0 Å². The second-order valence-electron chi connectivity index (χ2n) is 5.06. The Morgan fingerprint density at radius 3 is 3.00 bits per heavy atom. The summed E-state index contributed by atoms with van der Waals surface area (Å²) in [4.78, 5) is 28.4. The first kappa shape index (κ1) is 13.2. The minimum atomic E-state index is -0.239. The van der Waals surface area contributed by atoms with Crippen molar-refractivity contribution in [2.45, 2.75) is 33.3 Å². The molecule has 0 radical (unpaired) electrons. The lowest BCUT2D eigenvalue weighted by atomic mass is 10.3. The van der Waals surface area contributed by atoms with Crippen LogP contribution in [0.2, 0.25) is 0 Å². The van der Waals surface area contributed by atoms with Gasteiger partial charge in [0.2, 0.25) is 4.96 Å². The Morgan fingerprint density at radius 2 is 2.35 bits per heavy atom. The average Bonchev–Trinajstić information content (AvgIpc) is 3.00. The molecule has 1 fully saturated rings. The van der Waals surface area contributed by atoms with Gasteiger partial charge in [0, 0.05) is 6.07 Å². The van der Waals surface area contributed by atoms with Gasteiger partial charge >= 0.3 is 5.97 Å². The number of ether oxygens (including phenoxy) is 1. The quantitative estimate of drug-likeness (QED) is 0.797. The third-order valence-electron chi connectivity index (χ3n) is 3.42. The third kappa shape index (κ3) is 2.45. The maximum Gasteiger partial charge on any atom is 0.309 e. The Labute approximate surface area is 119 Å². The SMILES string of the molecule is CCc1nn2c(=O)cc(COC(=O)[C@@H]3C[C@H]3C)nc2s1. The Hall–Kier alpha value is -1.76. The van der Waals surface area contributed by atoms with Gasteiger partial charge in [-0.3, -0.25) is 9.59 Å². The number of hydrogen-bond acceptors (Lipinski definition) is 6. The molecular weight excluding hydrogens is 278 g/mol. The molecule has 20 heavy (non-hydrogen) atoms. The molecule has 2 atom stereocenters. The zero-order valence-electron chi connectivity index (χ0n) is 11.3. The van der Waals surface area contributed by atoms with Gasteiger partial charge in [-0.15, -0.1) is 0 Å². The van der Waals surface area contributed by atoms with E-state index in [1.165, 1.54) is 21.9 Å². The van der Waals surface area contributed by atoms with Gasteiger partial charge in [0.15, 0.2) is 0 Å². The minimum absolute atomic E-state index is 0.0231. The van der Waals surface area contributed by atoms with E-state index in [1.807, 2.05) is 13.8 Å². The summed E-state index contributed by atoms with van der Waals surface area (Å²) in [5, 5.41) is 5.02. The molecule has 2 heterocycles. The molecule has 2 aromatic heterocycles. The van der Waals surface area contributed by atoms with Crippen LogP contribution in [-0.4, -0.2) is 20.6 Å². The van der Waals surface area contributed by atoms with E-state index in [1.54, 1.807) is 0 Å². The summed E-state index contributed by atoms with van der Waals surface area (Å²) in [5.41, 5.74) is 0.236. The van der Waals surface area contributed by atoms with E-state index in [4.69, 9.17) is 4.74 Å². The highest BCUT2D eigenvalue weighted by Crippen LogP contribution is 2.38. The van der Waals surface area contributed by atoms with Crippen molar-refractivity contribution in [3.05, 3.63) is 27.1 Å². The lowest BCUT2D eigenvalue weighted by molar-refractivity contribution is -0.147. The van der Waals surface area contributed by atoms with Crippen molar-refractivity contribution in [3.63, 3.8) is 0 Å². The number of esters is 1. The Morgan fingerprint density at radius 1 is 1.60 bits per heavy atom. The molecule has 0 aliphatic heterocycles. The molecule has 0 unspecified atom stereocenters. The number of nitrogens with zero attached hydrogens (tertiary/aromatic N) is 3. The Balaban J connectivity index is 1.78. The molecule has 106 valence electrons. The first-order chi connectivity index (χ1) is 9.58. The normalized spacial score (nSPS) is 21.1. The predicted molar refractivity (Wildman–Crippen MR) is 73.6 cm³/mol. The zero-order chi connectivity index (χ0) is 14.3. The number of carbonyl (C=O) groups excluding carboxylic acids is 1. The molecular formula is C13H15N3O3S. The molecule has 3 rings (SSSR count). The van der Waals surface area contributed by atoms with Crippen LogP contribution in [0.25, 0.3) is 4.96 Å². The highest BCUT2D eigenvalue weighted by Gasteiger charge is 2.40. The Kier molecular flexibility index (Phi) is 3.29. The van der Waals surface area contributed by atoms with Crippen molar-refractivity contribution in [1.82, 2.24) is 14.6 Å². The van der Waals surface area contributed by atoms with Crippen molar-refractivity contribution >= 4 is 22.3 Å². The topological polar surface area (TPSA) is 73.6 Å². The largest absolute Gasteiger partial charge is 0.459 e. The molecule has 7 heteroatoms. The molecule has 0 N–H and O–H groups in total. The van der Waals surface area contributed by atoms with Crippen molar-refractivity contribution < 1.29 is 9.53 Å². The molecule has 0 bridgehead atoms. The van der Waals surface area contributed by atoms with Crippen LogP contribution in [0.15, 0.2) is 10.9 Å². The smallest absolute Gasteiger partial charge is 0.309 e. The number of aromatic nitrogens is 3. The van der Waals surface area contributed by atoms with E-state index >= 15 is 0 Å². The summed E-state index contributed by atoms with van der Waals surface area (Å²) in [6.45, 7) is 4.04. The highest BCUT2D eigenvalue weighted by atomic mass is 32.1. The van der Waals surface area contributed by atoms with Crippen LogP contribution in [0, 0.1) is 11.8 Å². The maximum absolute atomic E-state index is 11.9. The summed E-state index contributed by atoms with van der Waals surface area (Å²) in [7, 11) is 0. The number of aryl methyl sites for hydroxylation is 1. The number of fused-ring (bicyclic) bond motifs is 1. The fourth-order valence-electron chi connectivity index (χ4n) is 2.02. The van der Waals surface area contributed by atoms with E-state index in [-0.39, 0.29) is 24.1 Å². The first-order valence-electron chi connectivity index (χ1n) is 6.63. The summed E-state index contributed by atoms with van der Waals surface area (Å²) < 4.78 is 6.48. The monoisotopic (exact) mass is 293 g/mol. The number of hydrogen-bond donors (Lipinski definition) is 0.